The van der Waals surface area contributed by atoms with Crippen LogP contribution in [0.3, 0.4) is 0 Å². The molecule has 1 aromatic rings. The molecule has 0 aromatic carbocycles. The van der Waals surface area contributed by atoms with Gasteiger partial charge in [-0.2, -0.15) is 5.10 Å². The van der Waals surface area contributed by atoms with Crippen molar-refractivity contribution in [3.8, 4) is 0 Å². The van der Waals surface area contributed by atoms with Gasteiger partial charge in [0.15, 0.2) is 0 Å². The summed E-state index contributed by atoms with van der Waals surface area (Å²) in [4.78, 5) is 25.2. The summed E-state index contributed by atoms with van der Waals surface area (Å²) in [6, 6.07) is 0.0586. The van der Waals surface area contributed by atoms with Crippen LogP contribution in [0.4, 0.5) is 0 Å². The zero-order chi connectivity index (χ0) is 19.6. The predicted octanol–water partition coefficient (Wildman–Crippen LogP) is 1.86. The summed E-state index contributed by atoms with van der Waals surface area (Å²) in [7, 11) is 1.78. The van der Waals surface area contributed by atoms with Gasteiger partial charge in [-0.25, -0.2) is 0 Å². The van der Waals surface area contributed by atoms with E-state index in [1.165, 1.54) is 0 Å². The highest BCUT2D eigenvalue weighted by Crippen LogP contribution is 2.32. The van der Waals surface area contributed by atoms with Gasteiger partial charge in [-0.05, 0) is 33.1 Å². The van der Waals surface area contributed by atoms with Crippen LogP contribution in [0.25, 0.3) is 0 Å². The number of aromatic nitrogens is 2. The average molecular weight is 374 g/mol. The Kier molecular flexibility index (Phi) is 5.69. The molecule has 3 rings (SSSR count). The van der Waals surface area contributed by atoms with E-state index in [0.29, 0.717) is 25.3 Å². The molecule has 0 radical (unpaired) electrons. The van der Waals surface area contributed by atoms with Crippen LogP contribution < -0.4 is 10.6 Å². The Hall–Kier alpha value is -2.15. The normalized spacial score (nSPS) is 24.6. The molecule has 27 heavy (non-hydrogen) atoms. The van der Waals surface area contributed by atoms with E-state index in [0.717, 1.165) is 30.5 Å². The van der Waals surface area contributed by atoms with Gasteiger partial charge >= 0.3 is 0 Å². The molecule has 2 amide bonds. The van der Waals surface area contributed by atoms with Crippen LogP contribution in [0.2, 0.25) is 0 Å². The van der Waals surface area contributed by atoms with E-state index in [2.05, 4.69) is 27.9 Å². The molecule has 1 aliphatic carbocycles. The summed E-state index contributed by atoms with van der Waals surface area (Å²) >= 11 is 0. The smallest absolute Gasteiger partial charge is 0.270 e. The molecule has 2 aliphatic rings. The highest BCUT2D eigenvalue weighted by molar-refractivity contribution is 5.94. The Morgan fingerprint density at radius 3 is 2.85 bits per heavy atom. The zero-order valence-electron chi connectivity index (χ0n) is 16.7. The number of hydrogen-bond donors (Lipinski definition) is 2. The quantitative estimate of drug-likeness (QED) is 0.771. The lowest BCUT2D eigenvalue weighted by molar-refractivity contribution is -0.131. The fourth-order valence-corrected chi connectivity index (χ4v) is 3.77. The first-order valence-corrected chi connectivity index (χ1v) is 9.70. The van der Waals surface area contributed by atoms with Gasteiger partial charge in [-0.15, -0.1) is 0 Å². The molecule has 148 valence electrons. The second-order valence-electron chi connectivity index (χ2n) is 8.15. The predicted molar refractivity (Wildman–Crippen MR) is 102 cm³/mol. The van der Waals surface area contributed by atoms with Crippen molar-refractivity contribution in [3.05, 3.63) is 29.1 Å². The molecule has 2 heterocycles. The van der Waals surface area contributed by atoms with Crippen molar-refractivity contribution in [2.45, 2.75) is 65.2 Å². The lowest BCUT2D eigenvalue weighted by Crippen LogP contribution is -2.44. The number of nitrogens with zero attached hydrogens (tertiary/aromatic N) is 2. The average Bonchev–Trinajstić information content (AvgIpc) is 2.94. The van der Waals surface area contributed by atoms with Crippen molar-refractivity contribution in [2.75, 3.05) is 6.54 Å². The zero-order valence-corrected chi connectivity index (χ0v) is 16.7. The molecular formula is C20H30N4O3. The summed E-state index contributed by atoms with van der Waals surface area (Å²) in [6.45, 7) is 6.68. The molecule has 1 aliphatic heterocycles. The van der Waals surface area contributed by atoms with Crippen LogP contribution in [0.1, 0.15) is 61.8 Å². The number of hydrogen-bond acceptors (Lipinski definition) is 4. The van der Waals surface area contributed by atoms with Crippen LogP contribution in [-0.4, -0.2) is 40.3 Å². The van der Waals surface area contributed by atoms with Gasteiger partial charge in [0.2, 0.25) is 5.91 Å². The van der Waals surface area contributed by atoms with Crippen molar-refractivity contribution < 1.29 is 14.3 Å². The molecule has 0 spiro atoms. The Bertz CT molecular complexity index is 753. The molecule has 0 saturated carbocycles. The van der Waals surface area contributed by atoms with Gasteiger partial charge in [-0.3, -0.25) is 14.3 Å². The second kappa shape index (κ2) is 7.84. The number of amides is 2. The first kappa shape index (κ1) is 19.6. The van der Waals surface area contributed by atoms with Crippen LogP contribution in [0.15, 0.2) is 12.2 Å². The number of carbonyl (C=O) groups excluding carboxylic acids is 2. The number of rotatable bonds is 5. The fraction of sp³-hybridized carbons (Fsp3) is 0.650. The lowest BCUT2D eigenvalue weighted by Gasteiger charge is -2.30. The number of fused-ring (bicyclic) bond motifs is 1. The maximum Gasteiger partial charge on any atom is 0.270 e. The van der Waals surface area contributed by atoms with Gasteiger partial charge in [0.05, 0.1) is 23.8 Å². The summed E-state index contributed by atoms with van der Waals surface area (Å²) in [5.41, 5.74) is 1.97. The fourth-order valence-electron chi connectivity index (χ4n) is 3.77. The minimum absolute atomic E-state index is 0.0586. The van der Waals surface area contributed by atoms with Crippen molar-refractivity contribution in [1.29, 1.82) is 0 Å². The maximum absolute atomic E-state index is 12.6. The number of nitrogens with one attached hydrogen (secondary N) is 2. The summed E-state index contributed by atoms with van der Waals surface area (Å²) in [5, 5.41) is 10.4. The van der Waals surface area contributed by atoms with E-state index in [1.54, 1.807) is 11.7 Å². The summed E-state index contributed by atoms with van der Waals surface area (Å²) in [6.07, 6.45) is 7.22. The highest BCUT2D eigenvalue weighted by Gasteiger charge is 2.34. The van der Waals surface area contributed by atoms with E-state index in [4.69, 9.17) is 4.74 Å². The summed E-state index contributed by atoms with van der Waals surface area (Å²) in [5.74, 6) is -0.0438. The third-order valence-electron chi connectivity index (χ3n) is 5.39. The van der Waals surface area contributed by atoms with E-state index < -0.39 is 0 Å². The van der Waals surface area contributed by atoms with Crippen LogP contribution in [0.5, 0.6) is 0 Å². The molecule has 0 bridgehead atoms. The topological polar surface area (TPSA) is 85.2 Å². The largest absolute Gasteiger partial charge is 0.370 e. The molecule has 7 heteroatoms. The number of aryl methyl sites for hydroxylation is 1. The van der Waals surface area contributed by atoms with Crippen molar-refractivity contribution in [1.82, 2.24) is 20.4 Å². The third kappa shape index (κ3) is 4.24. The van der Waals surface area contributed by atoms with Gasteiger partial charge in [0, 0.05) is 31.6 Å². The number of allylic oxidation sites excluding steroid dienone is 2. The standard InChI is InChI=1S/C20H30N4O3/c1-13(2)22-18(25)17-15-10-14(27-12-16(15)23-24(17)4)11-21-19(26)20(3)8-6-5-7-9-20/h5-6,13-14H,7-12H2,1-4H3,(H,21,26)(H,22,25). The summed E-state index contributed by atoms with van der Waals surface area (Å²) < 4.78 is 7.50. The number of ether oxygens (including phenoxy) is 1. The van der Waals surface area contributed by atoms with Gasteiger partial charge in [-0.1, -0.05) is 19.1 Å². The van der Waals surface area contributed by atoms with Gasteiger partial charge in [0.25, 0.3) is 5.91 Å². The van der Waals surface area contributed by atoms with E-state index in [9.17, 15) is 9.59 Å². The molecule has 2 atom stereocenters. The maximum atomic E-state index is 12.6. The molecule has 0 fully saturated rings. The second-order valence-corrected chi connectivity index (χ2v) is 8.15. The van der Waals surface area contributed by atoms with E-state index >= 15 is 0 Å². The number of carbonyl (C=O) groups is 2. The molecule has 1 aromatic heterocycles. The monoisotopic (exact) mass is 374 g/mol. The highest BCUT2D eigenvalue weighted by atomic mass is 16.5. The van der Waals surface area contributed by atoms with Crippen LogP contribution in [-0.2, 0) is 29.6 Å². The van der Waals surface area contributed by atoms with Crippen molar-refractivity contribution >= 4 is 11.8 Å². The van der Waals surface area contributed by atoms with Gasteiger partial charge in [0.1, 0.15) is 5.69 Å². The van der Waals surface area contributed by atoms with Crippen molar-refractivity contribution in [3.63, 3.8) is 0 Å². The first-order chi connectivity index (χ1) is 12.8. The van der Waals surface area contributed by atoms with Gasteiger partial charge < -0.3 is 15.4 Å². The molecule has 7 nitrogen and oxygen atoms in total. The Morgan fingerprint density at radius 2 is 2.19 bits per heavy atom. The molecule has 0 saturated heterocycles. The van der Waals surface area contributed by atoms with E-state index in [-0.39, 0.29) is 29.4 Å². The SMILES string of the molecule is CC(C)NC(=O)c1c2c(nn1C)COC(CNC(=O)C1(C)CC=CCC1)C2. The minimum atomic E-state index is -0.342. The van der Waals surface area contributed by atoms with E-state index in [1.807, 2.05) is 20.8 Å². The molecule has 2 N–H and O–H groups in total. The Balaban J connectivity index is 1.65. The Morgan fingerprint density at radius 1 is 1.41 bits per heavy atom. The third-order valence-corrected chi connectivity index (χ3v) is 5.39. The lowest BCUT2D eigenvalue weighted by atomic mass is 9.78. The molecular weight excluding hydrogens is 344 g/mol. The Labute approximate surface area is 160 Å². The van der Waals surface area contributed by atoms with Crippen LogP contribution in [0, 0.1) is 5.41 Å². The molecule has 2 unspecified atom stereocenters. The van der Waals surface area contributed by atoms with Crippen LogP contribution >= 0.6 is 0 Å². The minimum Gasteiger partial charge on any atom is -0.370 e. The first-order valence-electron chi connectivity index (χ1n) is 9.70. The van der Waals surface area contributed by atoms with Crippen molar-refractivity contribution in [2.24, 2.45) is 12.5 Å².